The minimum Gasteiger partial charge on any atom is -0.390 e. The molecule has 5 nitrogen and oxygen atoms in total. The minimum absolute atomic E-state index is 0.149. The predicted molar refractivity (Wildman–Crippen MR) is 105 cm³/mol. The first-order chi connectivity index (χ1) is 12.5. The Morgan fingerprint density at radius 2 is 1.78 bits per heavy atom. The fourth-order valence-electron chi connectivity index (χ4n) is 5.58. The van der Waals surface area contributed by atoms with Crippen molar-refractivity contribution in [1.29, 1.82) is 0 Å². The van der Waals surface area contributed by atoms with Gasteiger partial charge in [0.2, 0.25) is 0 Å². The molecule has 0 saturated carbocycles. The normalized spacial score (nSPS) is 44.4. The minimum atomic E-state index is -1.48. The van der Waals surface area contributed by atoms with Crippen LogP contribution < -0.4 is 0 Å². The molecule has 2 rings (SSSR count). The summed E-state index contributed by atoms with van der Waals surface area (Å²) in [6.45, 7) is 13.8. The second-order valence-electron chi connectivity index (χ2n) is 9.08. The molecule has 0 bridgehead atoms. The zero-order valence-electron chi connectivity index (χ0n) is 18.2. The molecule has 0 unspecified atom stereocenters. The van der Waals surface area contributed by atoms with Crippen LogP contribution in [0.5, 0.6) is 0 Å². The van der Waals surface area contributed by atoms with Crippen LogP contribution in [0.2, 0.25) is 0 Å². The molecule has 0 aromatic heterocycles. The molecule has 2 saturated heterocycles. The summed E-state index contributed by atoms with van der Waals surface area (Å²) in [7, 11) is 0. The third-order valence-corrected chi connectivity index (χ3v) is 7.30. The van der Waals surface area contributed by atoms with Gasteiger partial charge in [-0.05, 0) is 44.9 Å². The summed E-state index contributed by atoms with van der Waals surface area (Å²) in [6.07, 6.45) is 2.85. The number of carbonyl (C=O) groups is 1. The van der Waals surface area contributed by atoms with E-state index in [1.807, 2.05) is 41.5 Å². The number of ether oxygens (including phenoxy) is 2. The summed E-state index contributed by atoms with van der Waals surface area (Å²) in [5.41, 5.74) is -1.65. The van der Waals surface area contributed by atoms with Gasteiger partial charge in [-0.25, -0.2) is 0 Å². The van der Waals surface area contributed by atoms with Crippen molar-refractivity contribution in [2.75, 3.05) is 0 Å². The van der Waals surface area contributed by atoms with Crippen LogP contribution >= 0.6 is 0 Å². The standard InChI is InChI=1S/C22H40O5/c1-8-16(17(23)9-2)19-14(5)12-20(7,26-19)22(25)15(6)13-21(11-4,27-22)18(24)10-3/h14-16,18-19,24-25H,8-13H2,1-7H3/t14-,15+,16-,18-,19-,20-,21+,22+/m0/s1. The lowest BCUT2D eigenvalue weighted by Gasteiger charge is -2.44. The predicted octanol–water partition coefficient (Wildman–Crippen LogP) is 3.84. The molecular formula is C22H40O5. The second-order valence-corrected chi connectivity index (χ2v) is 9.08. The second kappa shape index (κ2) is 8.10. The van der Waals surface area contributed by atoms with Gasteiger partial charge >= 0.3 is 0 Å². The van der Waals surface area contributed by atoms with Gasteiger partial charge in [-0.3, -0.25) is 4.79 Å². The van der Waals surface area contributed by atoms with E-state index in [1.165, 1.54) is 0 Å². The highest BCUT2D eigenvalue weighted by Gasteiger charge is 2.66. The van der Waals surface area contributed by atoms with Crippen molar-refractivity contribution in [3.63, 3.8) is 0 Å². The Labute approximate surface area is 164 Å². The molecule has 2 aliphatic heterocycles. The van der Waals surface area contributed by atoms with Crippen LogP contribution in [0.3, 0.4) is 0 Å². The van der Waals surface area contributed by atoms with Gasteiger partial charge in [0.05, 0.1) is 17.8 Å². The van der Waals surface area contributed by atoms with Gasteiger partial charge in [0.1, 0.15) is 11.4 Å². The van der Waals surface area contributed by atoms with E-state index in [4.69, 9.17) is 9.47 Å². The molecule has 8 atom stereocenters. The average Bonchev–Trinajstić information content (AvgIpc) is 3.11. The number of Topliss-reactive ketones (excluding diaryl/α,β-unsaturated/α-hetero) is 1. The van der Waals surface area contributed by atoms with E-state index in [0.717, 1.165) is 6.42 Å². The zero-order chi connectivity index (χ0) is 20.6. The SMILES string of the molecule is CCC(=O)[C@H](CC)[C@H]1O[C@](C)([C@]2(O)O[C@@](CC)([C@@H](O)CC)C[C@H]2C)C[C@@H]1C. The number of hydrogen-bond donors (Lipinski definition) is 2. The first-order valence-electron chi connectivity index (χ1n) is 10.8. The molecule has 0 spiro atoms. The van der Waals surface area contributed by atoms with E-state index in [2.05, 4.69) is 6.92 Å². The first kappa shape index (κ1) is 22.8. The molecule has 2 heterocycles. The topological polar surface area (TPSA) is 76.0 Å². The van der Waals surface area contributed by atoms with Crippen molar-refractivity contribution >= 4 is 5.78 Å². The van der Waals surface area contributed by atoms with Gasteiger partial charge in [-0.1, -0.05) is 41.5 Å². The van der Waals surface area contributed by atoms with Crippen LogP contribution in [0.15, 0.2) is 0 Å². The number of hydrogen-bond acceptors (Lipinski definition) is 5. The van der Waals surface area contributed by atoms with E-state index in [-0.39, 0.29) is 29.6 Å². The Balaban J connectivity index is 2.32. The molecule has 0 radical (unpaired) electrons. The lowest BCUT2D eigenvalue weighted by atomic mass is 9.78. The lowest BCUT2D eigenvalue weighted by molar-refractivity contribution is -0.332. The van der Waals surface area contributed by atoms with E-state index < -0.39 is 23.1 Å². The summed E-state index contributed by atoms with van der Waals surface area (Å²) in [5, 5.41) is 22.3. The number of aliphatic hydroxyl groups excluding tert-OH is 1. The molecule has 2 N–H and O–H groups in total. The largest absolute Gasteiger partial charge is 0.390 e. The van der Waals surface area contributed by atoms with E-state index >= 15 is 0 Å². The van der Waals surface area contributed by atoms with Crippen molar-refractivity contribution in [2.24, 2.45) is 17.8 Å². The molecule has 0 aliphatic carbocycles. The van der Waals surface area contributed by atoms with Crippen LogP contribution in [-0.4, -0.2) is 45.2 Å². The van der Waals surface area contributed by atoms with E-state index in [0.29, 0.717) is 32.1 Å². The van der Waals surface area contributed by atoms with Gasteiger partial charge in [-0.15, -0.1) is 0 Å². The summed E-state index contributed by atoms with van der Waals surface area (Å²) in [5.74, 6) is -1.42. The van der Waals surface area contributed by atoms with Crippen LogP contribution in [0.1, 0.15) is 87.0 Å². The van der Waals surface area contributed by atoms with Crippen molar-refractivity contribution < 1.29 is 24.5 Å². The van der Waals surface area contributed by atoms with Crippen molar-refractivity contribution in [2.45, 2.75) is 116 Å². The number of carbonyl (C=O) groups excluding carboxylic acids is 1. The molecule has 158 valence electrons. The maximum absolute atomic E-state index is 12.4. The maximum Gasteiger partial charge on any atom is 0.198 e. The van der Waals surface area contributed by atoms with Crippen molar-refractivity contribution in [1.82, 2.24) is 0 Å². The smallest absolute Gasteiger partial charge is 0.198 e. The van der Waals surface area contributed by atoms with Crippen LogP contribution in [0.4, 0.5) is 0 Å². The Bertz CT molecular complexity index is 537. The number of aliphatic hydroxyl groups is 2. The molecule has 5 heteroatoms. The Kier molecular flexibility index (Phi) is 6.83. The average molecular weight is 385 g/mol. The third-order valence-electron chi connectivity index (χ3n) is 7.30. The molecule has 0 amide bonds. The van der Waals surface area contributed by atoms with Gasteiger partial charge in [0.25, 0.3) is 0 Å². The third kappa shape index (κ3) is 3.61. The number of ketones is 1. The quantitative estimate of drug-likeness (QED) is 0.665. The van der Waals surface area contributed by atoms with E-state index in [1.54, 1.807) is 0 Å². The van der Waals surface area contributed by atoms with Crippen LogP contribution in [0, 0.1) is 17.8 Å². The summed E-state index contributed by atoms with van der Waals surface area (Å²) < 4.78 is 12.8. The molecule has 2 aliphatic rings. The molecule has 27 heavy (non-hydrogen) atoms. The molecule has 0 aromatic rings. The summed E-state index contributed by atoms with van der Waals surface area (Å²) in [6, 6.07) is 0. The molecule has 2 fully saturated rings. The molecule has 0 aromatic carbocycles. The summed E-state index contributed by atoms with van der Waals surface area (Å²) in [4.78, 5) is 12.4. The van der Waals surface area contributed by atoms with Crippen molar-refractivity contribution in [3.05, 3.63) is 0 Å². The van der Waals surface area contributed by atoms with Gasteiger partial charge in [-0.2, -0.15) is 0 Å². The lowest BCUT2D eigenvalue weighted by Crippen LogP contribution is -2.57. The van der Waals surface area contributed by atoms with Crippen LogP contribution in [0.25, 0.3) is 0 Å². The Hall–Kier alpha value is -0.490. The fourth-order valence-corrected chi connectivity index (χ4v) is 5.58. The Morgan fingerprint density at radius 1 is 1.15 bits per heavy atom. The van der Waals surface area contributed by atoms with Gasteiger partial charge in [0.15, 0.2) is 5.79 Å². The number of rotatable bonds is 8. The van der Waals surface area contributed by atoms with E-state index in [9.17, 15) is 15.0 Å². The van der Waals surface area contributed by atoms with Crippen LogP contribution in [-0.2, 0) is 14.3 Å². The maximum atomic E-state index is 12.4. The zero-order valence-corrected chi connectivity index (χ0v) is 18.2. The van der Waals surface area contributed by atoms with Gasteiger partial charge in [0, 0.05) is 18.3 Å². The molecular weight excluding hydrogens is 344 g/mol. The first-order valence-corrected chi connectivity index (χ1v) is 10.8. The highest BCUT2D eigenvalue weighted by atomic mass is 16.7. The summed E-state index contributed by atoms with van der Waals surface area (Å²) >= 11 is 0. The highest BCUT2D eigenvalue weighted by Crippen LogP contribution is 2.55. The van der Waals surface area contributed by atoms with Gasteiger partial charge < -0.3 is 19.7 Å². The monoisotopic (exact) mass is 384 g/mol. The van der Waals surface area contributed by atoms with Crippen molar-refractivity contribution in [3.8, 4) is 0 Å². The Morgan fingerprint density at radius 3 is 2.26 bits per heavy atom. The fraction of sp³-hybridized carbons (Fsp3) is 0.955. The highest BCUT2D eigenvalue weighted by molar-refractivity contribution is 5.81.